The predicted molar refractivity (Wildman–Crippen MR) is 109 cm³/mol. The van der Waals surface area contributed by atoms with Gasteiger partial charge in [0.25, 0.3) is 0 Å². The van der Waals surface area contributed by atoms with Gasteiger partial charge in [-0.15, -0.1) is 5.10 Å². The number of hydrogen-bond donors (Lipinski definition) is 1. The highest BCUT2D eigenvalue weighted by Gasteiger charge is 2.29. The number of nitrogens with one attached hydrogen (secondary N) is 1. The van der Waals surface area contributed by atoms with Crippen molar-refractivity contribution in [2.45, 2.75) is 12.6 Å². The molecule has 152 valence electrons. The quantitative estimate of drug-likeness (QED) is 0.526. The molecule has 0 bridgehead atoms. The summed E-state index contributed by atoms with van der Waals surface area (Å²) in [7, 11) is 0. The largest absolute Gasteiger partial charge is 0.379 e. The van der Waals surface area contributed by atoms with Gasteiger partial charge < -0.3 is 4.74 Å². The van der Waals surface area contributed by atoms with Crippen LogP contribution in [0.5, 0.6) is 0 Å². The molecule has 0 spiro atoms. The maximum absolute atomic E-state index is 5.55. The number of rotatable bonds is 6. The third-order valence-corrected chi connectivity index (χ3v) is 5.19. The van der Waals surface area contributed by atoms with Crippen LogP contribution in [0.2, 0.25) is 0 Å². The Bertz CT molecular complexity index is 1070. The van der Waals surface area contributed by atoms with Crippen molar-refractivity contribution >= 4 is 0 Å². The van der Waals surface area contributed by atoms with Gasteiger partial charge in [0.05, 0.1) is 19.3 Å². The van der Waals surface area contributed by atoms with Crippen molar-refractivity contribution in [1.82, 2.24) is 40.3 Å². The topological polar surface area (TPSA) is 97.6 Å². The summed E-state index contributed by atoms with van der Waals surface area (Å²) in [5.41, 5.74) is 2.12. The van der Waals surface area contributed by atoms with Crippen LogP contribution < -0.4 is 0 Å². The Kier molecular flexibility index (Phi) is 5.28. The Morgan fingerprint density at radius 1 is 0.967 bits per heavy atom. The summed E-state index contributed by atoms with van der Waals surface area (Å²) in [4.78, 5) is 6.98. The molecule has 1 N–H and O–H groups in total. The maximum atomic E-state index is 5.55. The third kappa shape index (κ3) is 3.85. The Hall–Kier alpha value is -3.43. The van der Waals surface area contributed by atoms with E-state index in [0.717, 1.165) is 30.0 Å². The average Bonchev–Trinajstić information content (AvgIpc) is 3.47. The first-order valence-electron chi connectivity index (χ1n) is 9.98. The number of aromatic amines is 1. The number of hydrogen-bond acceptors (Lipinski definition) is 7. The van der Waals surface area contributed by atoms with Gasteiger partial charge in [0, 0.05) is 18.7 Å². The zero-order valence-electron chi connectivity index (χ0n) is 16.4. The lowest BCUT2D eigenvalue weighted by molar-refractivity contribution is 0.0216. The molecule has 1 aliphatic rings. The van der Waals surface area contributed by atoms with E-state index in [-0.39, 0.29) is 6.04 Å². The van der Waals surface area contributed by atoms with Gasteiger partial charge in [0.1, 0.15) is 12.4 Å². The molecular formula is C21H22N8O. The molecule has 9 heteroatoms. The minimum atomic E-state index is -0.0541. The summed E-state index contributed by atoms with van der Waals surface area (Å²) in [5.74, 6) is 2.14. The number of nitrogens with zero attached hydrogens (tertiary/aromatic N) is 7. The Morgan fingerprint density at radius 3 is 2.47 bits per heavy atom. The molecule has 1 saturated heterocycles. The molecule has 1 atom stereocenters. The van der Waals surface area contributed by atoms with Crippen molar-refractivity contribution in [2.24, 2.45) is 0 Å². The second-order valence-corrected chi connectivity index (χ2v) is 7.13. The fourth-order valence-corrected chi connectivity index (χ4v) is 3.74. The molecule has 4 aromatic rings. The van der Waals surface area contributed by atoms with Crippen molar-refractivity contribution in [3.05, 3.63) is 77.9 Å². The van der Waals surface area contributed by atoms with Gasteiger partial charge in [0.15, 0.2) is 11.6 Å². The summed E-state index contributed by atoms with van der Waals surface area (Å²) in [6.45, 7) is 3.47. The van der Waals surface area contributed by atoms with Crippen molar-refractivity contribution in [3.63, 3.8) is 0 Å². The van der Waals surface area contributed by atoms with Gasteiger partial charge in [-0.05, 0) is 16.0 Å². The van der Waals surface area contributed by atoms with E-state index in [9.17, 15) is 0 Å². The second kappa shape index (κ2) is 8.52. The highest BCUT2D eigenvalue weighted by molar-refractivity contribution is 5.53. The van der Waals surface area contributed by atoms with Crippen LogP contribution in [0.4, 0.5) is 0 Å². The number of morpholine rings is 1. The molecule has 5 rings (SSSR count). The van der Waals surface area contributed by atoms with E-state index in [4.69, 9.17) is 4.74 Å². The molecule has 2 aromatic carbocycles. The summed E-state index contributed by atoms with van der Waals surface area (Å²) in [6, 6.07) is 20.2. The first-order valence-corrected chi connectivity index (χ1v) is 9.98. The first-order chi connectivity index (χ1) is 14.9. The minimum absolute atomic E-state index is 0.0541. The van der Waals surface area contributed by atoms with Gasteiger partial charge in [0.2, 0.25) is 0 Å². The number of aromatic nitrogens is 7. The summed E-state index contributed by atoms with van der Waals surface area (Å²) in [6.07, 6.45) is 0. The van der Waals surface area contributed by atoms with Gasteiger partial charge in [-0.1, -0.05) is 60.7 Å². The van der Waals surface area contributed by atoms with Crippen molar-refractivity contribution in [3.8, 4) is 11.4 Å². The first kappa shape index (κ1) is 18.6. The lowest BCUT2D eigenvalue weighted by Crippen LogP contribution is -2.40. The maximum Gasteiger partial charge on any atom is 0.181 e. The summed E-state index contributed by atoms with van der Waals surface area (Å²) in [5, 5.41) is 20.0. The number of ether oxygens (including phenoxy) is 1. The van der Waals surface area contributed by atoms with Crippen LogP contribution in [-0.4, -0.2) is 66.6 Å². The van der Waals surface area contributed by atoms with E-state index >= 15 is 0 Å². The van der Waals surface area contributed by atoms with Crippen LogP contribution in [0.1, 0.15) is 23.3 Å². The molecule has 0 radical (unpaired) electrons. The second-order valence-electron chi connectivity index (χ2n) is 7.13. The molecular weight excluding hydrogens is 380 g/mol. The molecule has 0 saturated carbocycles. The normalized spacial score (nSPS) is 15.9. The Labute approximate surface area is 173 Å². The summed E-state index contributed by atoms with van der Waals surface area (Å²) < 4.78 is 7.34. The minimum Gasteiger partial charge on any atom is -0.379 e. The smallest absolute Gasteiger partial charge is 0.181 e. The van der Waals surface area contributed by atoms with E-state index in [2.05, 4.69) is 47.7 Å². The van der Waals surface area contributed by atoms with Crippen LogP contribution in [0, 0.1) is 0 Å². The lowest BCUT2D eigenvalue weighted by Gasteiger charge is -2.33. The molecule has 3 heterocycles. The standard InChI is InChI=1S/C21H22N8O/c1-3-7-16(8-4-1)19(28-11-13-30-14-12-28)21-25-26-27-29(21)15-18-22-20(24-23-18)17-9-5-2-6-10-17/h1-10,19H,11-15H2,(H,22,23,24)/t19-/m1/s1. The van der Waals surface area contributed by atoms with Crippen LogP contribution >= 0.6 is 0 Å². The average molecular weight is 402 g/mol. The number of benzene rings is 2. The Morgan fingerprint density at radius 2 is 1.70 bits per heavy atom. The molecule has 1 fully saturated rings. The van der Waals surface area contributed by atoms with E-state index in [0.29, 0.717) is 31.4 Å². The van der Waals surface area contributed by atoms with Gasteiger partial charge in [-0.3, -0.25) is 10.00 Å². The highest BCUT2D eigenvalue weighted by atomic mass is 16.5. The zero-order chi connectivity index (χ0) is 20.2. The molecule has 0 aliphatic carbocycles. The van der Waals surface area contributed by atoms with Gasteiger partial charge in [-0.2, -0.15) is 5.10 Å². The fourth-order valence-electron chi connectivity index (χ4n) is 3.74. The van der Waals surface area contributed by atoms with Crippen molar-refractivity contribution < 1.29 is 4.74 Å². The number of tetrazole rings is 1. The molecule has 9 nitrogen and oxygen atoms in total. The fraction of sp³-hybridized carbons (Fsp3) is 0.286. The monoisotopic (exact) mass is 402 g/mol. The van der Waals surface area contributed by atoms with Gasteiger partial charge in [-0.25, -0.2) is 9.67 Å². The lowest BCUT2D eigenvalue weighted by atomic mass is 10.0. The Balaban J connectivity index is 1.44. The molecule has 1 aliphatic heterocycles. The van der Waals surface area contributed by atoms with E-state index in [1.807, 2.05) is 48.5 Å². The van der Waals surface area contributed by atoms with Crippen LogP contribution in [0.25, 0.3) is 11.4 Å². The van der Waals surface area contributed by atoms with Crippen molar-refractivity contribution in [2.75, 3.05) is 26.3 Å². The van der Waals surface area contributed by atoms with Crippen LogP contribution in [0.3, 0.4) is 0 Å². The zero-order valence-corrected chi connectivity index (χ0v) is 16.4. The SMILES string of the molecule is c1ccc(-c2n[nH]c(Cn3nnnc3[C@@H](c3ccccc3)N3CCOCC3)n2)cc1. The third-order valence-electron chi connectivity index (χ3n) is 5.19. The van der Waals surface area contributed by atoms with Crippen molar-refractivity contribution in [1.29, 1.82) is 0 Å². The molecule has 0 unspecified atom stereocenters. The van der Waals surface area contributed by atoms with Crippen LogP contribution in [0.15, 0.2) is 60.7 Å². The number of H-pyrrole nitrogens is 1. The van der Waals surface area contributed by atoms with E-state index in [1.54, 1.807) is 4.68 Å². The predicted octanol–water partition coefficient (Wildman–Crippen LogP) is 1.93. The van der Waals surface area contributed by atoms with Gasteiger partial charge >= 0.3 is 0 Å². The molecule has 30 heavy (non-hydrogen) atoms. The summed E-state index contributed by atoms with van der Waals surface area (Å²) >= 11 is 0. The van der Waals surface area contributed by atoms with Crippen LogP contribution in [-0.2, 0) is 11.3 Å². The molecule has 2 aromatic heterocycles. The van der Waals surface area contributed by atoms with E-state index in [1.165, 1.54) is 0 Å². The van der Waals surface area contributed by atoms with E-state index < -0.39 is 0 Å². The molecule has 0 amide bonds. The highest BCUT2D eigenvalue weighted by Crippen LogP contribution is 2.27.